The first kappa shape index (κ1) is 31.2. The Balaban J connectivity index is 1.47. The zero-order valence-corrected chi connectivity index (χ0v) is 24.2. The maximum absolute atomic E-state index is 12.4. The van der Waals surface area contributed by atoms with Gasteiger partial charge < -0.3 is 28.8 Å². The molecule has 0 radical (unpaired) electrons. The minimum atomic E-state index is -1.13. The molecule has 0 amide bonds. The standard InChI is InChI=1S/C34H38O7/c1-6-38-34(4,37-5)40-31-21-17-27(18-22-31)10-8-7-9-26-15-19-30(20-16-26)39-32(36)41-33(2,3)25-29-13-11-28(12-14-29)23-24-35/h7-24,35H,6,25H2,1-5H3. The van der Waals surface area contributed by atoms with Crippen LogP contribution in [0.1, 0.15) is 49.9 Å². The lowest BCUT2D eigenvalue weighted by Gasteiger charge is -2.28. The Hall–Kier alpha value is -4.33. The number of ether oxygens (including phenoxy) is 5. The Morgan fingerprint density at radius 2 is 1.29 bits per heavy atom. The van der Waals surface area contributed by atoms with Crippen LogP contribution in [0.3, 0.4) is 0 Å². The molecule has 0 fully saturated rings. The summed E-state index contributed by atoms with van der Waals surface area (Å²) in [5.74, 6) is -0.0812. The van der Waals surface area contributed by atoms with E-state index in [0.717, 1.165) is 28.5 Å². The summed E-state index contributed by atoms with van der Waals surface area (Å²) < 4.78 is 27.5. The van der Waals surface area contributed by atoms with E-state index in [9.17, 15) is 4.79 Å². The Kier molecular flexibility index (Phi) is 11.3. The number of rotatable bonds is 13. The van der Waals surface area contributed by atoms with Gasteiger partial charge in [0.1, 0.15) is 17.1 Å². The van der Waals surface area contributed by atoms with Crippen molar-refractivity contribution in [2.45, 2.75) is 45.7 Å². The van der Waals surface area contributed by atoms with Crippen LogP contribution in [-0.4, -0.2) is 36.6 Å². The normalized spacial score (nSPS) is 13.5. The fraction of sp³-hybridized carbons (Fsp3) is 0.265. The van der Waals surface area contributed by atoms with Crippen molar-refractivity contribution in [1.82, 2.24) is 0 Å². The molecule has 0 aromatic heterocycles. The highest BCUT2D eigenvalue weighted by Crippen LogP contribution is 2.22. The number of hydrogen-bond donors (Lipinski definition) is 1. The topological polar surface area (TPSA) is 83.5 Å². The number of hydrogen-bond acceptors (Lipinski definition) is 7. The van der Waals surface area contributed by atoms with Gasteiger partial charge in [0.15, 0.2) is 0 Å². The Morgan fingerprint density at radius 1 is 0.780 bits per heavy atom. The van der Waals surface area contributed by atoms with Crippen LogP contribution in [-0.2, 0) is 20.6 Å². The van der Waals surface area contributed by atoms with E-state index in [1.165, 1.54) is 7.11 Å². The zero-order chi connectivity index (χ0) is 29.7. The highest BCUT2D eigenvalue weighted by molar-refractivity contribution is 5.65. The maximum atomic E-state index is 12.4. The lowest BCUT2D eigenvalue weighted by atomic mass is 9.97. The molecule has 3 aromatic carbocycles. The molecule has 0 saturated heterocycles. The van der Waals surface area contributed by atoms with Gasteiger partial charge in [0.25, 0.3) is 0 Å². The Morgan fingerprint density at radius 3 is 1.80 bits per heavy atom. The summed E-state index contributed by atoms with van der Waals surface area (Å²) in [4.78, 5) is 12.4. The second kappa shape index (κ2) is 14.9. The third-order valence-corrected chi connectivity index (χ3v) is 5.97. The Bertz CT molecular complexity index is 1320. The molecule has 1 unspecified atom stereocenters. The van der Waals surface area contributed by atoms with E-state index in [1.807, 2.05) is 106 Å². The molecule has 7 nitrogen and oxygen atoms in total. The van der Waals surface area contributed by atoms with Crippen LogP contribution in [0.5, 0.6) is 11.5 Å². The van der Waals surface area contributed by atoms with E-state index in [-0.39, 0.29) is 0 Å². The van der Waals surface area contributed by atoms with E-state index in [0.29, 0.717) is 24.5 Å². The van der Waals surface area contributed by atoms with Gasteiger partial charge in [-0.1, -0.05) is 72.8 Å². The predicted molar refractivity (Wildman–Crippen MR) is 162 cm³/mol. The molecular weight excluding hydrogens is 520 g/mol. The van der Waals surface area contributed by atoms with Gasteiger partial charge in [0.05, 0.1) is 12.9 Å². The van der Waals surface area contributed by atoms with Gasteiger partial charge in [0.2, 0.25) is 0 Å². The molecule has 0 spiro atoms. The number of carbonyl (C=O) groups is 1. The Labute approximate surface area is 242 Å². The summed E-state index contributed by atoms with van der Waals surface area (Å²) in [7, 11) is 1.54. The second-order valence-electron chi connectivity index (χ2n) is 9.91. The minimum Gasteiger partial charge on any atom is -0.516 e. The average Bonchev–Trinajstić information content (AvgIpc) is 2.94. The minimum absolute atomic E-state index is 0.398. The lowest BCUT2D eigenvalue weighted by Crippen LogP contribution is -2.37. The second-order valence-corrected chi connectivity index (χ2v) is 9.91. The molecule has 7 heteroatoms. The van der Waals surface area contributed by atoms with Gasteiger partial charge in [0, 0.05) is 20.5 Å². The van der Waals surface area contributed by atoms with Crippen molar-refractivity contribution in [3.05, 3.63) is 113 Å². The SMILES string of the molecule is CCOC(C)(OC)Oc1ccc(C=CC=Cc2ccc(OC(=O)OC(C)(C)Cc3ccc(C=CO)cc3)cc2)cc1. The van der Waals surface area contributed by atoms with Gasteiger partial charge in [-0.3, -0.25) is 0 Å². The molecule has 1 atom stereocenters. The maximum Gasteiger partial charge on any atom is 0.514 e. The average molecular weight is 559 g/mol. The van der Waals surface area contributed by atoms with Gasteiger partial charge >= 0.3 is 12.1 Å². The van der Waals surface area contributed by atoms with Crippen LogP contribution in [0.4, 0.5) is 4.79 Å². The van der Waals surface area contributed by atoms with Gasteiger partial charge in [-0.25, -0.2) is 4.79 Å². The molecule has 1 N–H and O–H groups in total. The molecule has 0 aliphatic carbocycles. The molecule has 41 heavy (non-hydrogen) atoms. The number of methoxy groups -OCH3 is 1. The highest BCUT2D eigenvalue weighted by atomic mass is 16.9. The lowest BCUT2D eigenvalue weighted by molar-refractivity contribution is -0.319. The molecular formula is C34H38O7. The first-order valence-electron chi connectivity index (χ1n) is 13.4. The molecule has 0 heterocycles. The third kappa shape index (κ3) is 10.6. The molecule has 3 rings (SSSR count). The number of aliphatic hydroxyl groups is 1. The van der Waals surface area contributed by atoms with Crippen molar-refractivity contribution < 1.29 is 33.6 Å². The van der Waals surface area contributed by atoms with E-state index in [1.54, 1.807) is 25.1 Å². The molecule has 216 valence electrons. The van der Waals surface area contributed by atoms with Crippen molar-refractivity contribution in [3.8, 4) is 11.5 Å². The van der Waals surface area contributed by atoms with Gasteiger partial charge in [-0.15, -0.1) is 0 Å². The van der Waals surface area contributed by atoms with Gasteiger partial charge in [-0.2, -0.15) is 0 Å². The van der Waals surface area contributed by atoms with E-state index in [2.05, 4.69) is 0 Å². The fourth-order valence-electron chi connectivity index (χ4n) is 3.94. The molecule has 0 aliphatic heterocycles. The third-order valence-electron chi connectivity index (χ3n) is 5.97. The van der Waals surface area contributed by atoms with Crippen molar-refractivity contribution >= 4 is 24.4 Å². The summed E-state index contributed by atoms with van der Waals surface area (Å²) in [6, 6.07) is 22.4. The largest absolute Gasteiger partial charge is 0.516 e. The first-order chi connectivity index (χ1) is 19.6. The van der Waals surface area contributed by atoms with Crippen LogP contribution in [0, 0.1) is 0 Å². The molecule has 0 bridgehead atoms. The number of benzene rings is 3. The van der Waals surface area contributed by atoms with Crippen LogP contribution in [0.25, 0.3) is 18.2 Å². The molecule has 0 saturated carbocycles. The number of allylic oxidation sites excluding steroid dienone is 2. The summed E-state index contributed by atoms with van der Waals surface area (Å²) in [5, 5.41) is 8.88. The van der Waals surface area contributed by atoms with E-state index >= 15 is 0 Å². The van der Waals surface area contributed by atoms with Crippen LogP contribution < -0.4 is 9.47 Å². The van der Waals surface area contributed by atoms with Crippen LogP contribution >= 0.6 is 0 Å². The molecule has 3 aromatic rings. The smallest absolute Gasteiger partial charge is 0.514 e. The number of carbonyl (C=O) groups excluding carboxylic acids is 1. The quantitative estimate of drug-likeness (QED) is 0.0744. The van der Waals surface area contributed by atoms with Gasteiger partial charge in [-0.05, 0) is 73.4 Å². The summed E-state index contributed by atoms with van der Waals surface area (Å²) >= 11 is 0. The van der Waals surface area contributed by atoms with Crippen molar-refractivity contribution in [1.29, 1.82) is 0 Å². The van der Waals surface area contributed by atoms with E-state index in [4.69, 9.17) is 28.8 Å². The molecule has 0 aliphatic rings. The summed E-state index contributed by atoms with van der Waals surface area (Å²) in [6.45, 7) is 7.74. The zero-order valence-electron chi connectivity index (χ0n) is 24.2. The van der Waals surface area contributed by atoms with E-state index < -0.39 is 17.7 Å². The summed E-state index contributed by atoms with van der Waals surface area (Å²) in [6.07, 6.45) is 10.2. The monoisotopic (exact) mass is 558 g/mol. The van der Waals surface area contributed by atoms with Crippen LogP contribution in [0.15, 0.2) is 91.2 Å². The van der Waals surface area contributed by atoms with Crippen molar-refractivity contribution in [3.63, 3.8) is 0 Å². The fourth-order valence-corrected chi connectivity index (χ4v) is 3.94. The summed E-state index contributed by atoms with van der Waals surface area (Å²) in [5.41, 5.74) is 3.09. The first-order valence-corrected chi connectivity index (χ1v) is 13.4. The highest BCUT2D eigenvalue weighted by Gasteiger charge is 2.26. The van der Waals surface area contributed by atoms with Crippen molar-refractivity contribution in [2.24, 2.45) is 0 Å². The predicted octanol–water partition coefficient (Wildman–Crippen LogP) is 8.21. The van der Waals surface area contributed by atoms with Crippen LogP contribution in [0.2, 0.25) is 0 Å². The number of aliphatic hydroxyl groups excluding tert-OH is 1. The van der Waals surface area contributed by atoms with Crippen molar-refractivity contribution in [2.75, 3.05) is 13.7 Å².